The zero-order valence-corrected chi connectivity index (χ0v) is 14.0. The topological polar surface area (TPSA) is 49.4 Å². The fourth-order valence-electron chi connectivity index (χ4n) is 2.73. The predicted molar refractivity (Wildman–Crippen MR) is 85.2 cm³/mol. The van der Waals surface area contributed by atoms with Crippen LogP contribution in [0.1, 0.15) is 39.7 Å². The lowest BCUT2D eigenvalue weighted by Crippen LogP contribution is -2.70. The van der Waals surface area contributed by atoms with E-state index in [4.69, 9.17) is 0 Å². The number of carbonyl (C=O) groups is 2. The highest BCUT2D eigenvalue weighted by atomic mass is 32.1. The van der Waals surface area contributed by atoms with Crippen molar-refractivity contribution in [2.24, 2.45) is 5.92 Å². The van der Waals surface area contributed by atoms with Crippen molar-refractivity contribution in [3.8, 4) is 0 Å². The van der Waals surface area contributed by atoms with E-state index < -0.39 is 11.6 Å². The van der Waals surface area contributed by atoms with Crippen LogP contribution in [0, 0.1) is 5.92 Å². The lowest BCUT2D eigenvalue weighted by Gasteiger charge is -2.47. The van der Waals surface area contributed by atoms with Crippen LogP contribution in [0.5, 0.6) is 0 Å². The van der Waals surface area contributed by atoms with Crippen LogP contribution >= 0.6 is 11.3 Å². The van der Waals surface area contributed by atoms with Crippen LogP contribution in [0.3, 0.4) is 0 Å². The molecule has 0 saturated carbocycles. The molecule has 1 aromatic heterocycles. The molecule has 116 valence electrons. The van der Waals surface area contributed by atoms with Gasteiger partial charge in [0.25, 0.3) is 0 Å². The Kier molecular flexibility index (Phi) is 4.71. The van der Waals surface area contributed by atoms with Crippen LogP contribution in [0.2, 0.25) is 0 Å². The summed E-state index contributed by atoms with van der Waals surface area (Å²) >= 11 is 1.66. The van der Waals surface area contributed by atoms with Crippen molar-refractivity contribution in [2.75, 3.05) is 6.54 Å². The standard InChI is InChI=1S/C16H24N2O2S/c1-5-16(4)15(20)17-13(11(2)3)14(19)18(16)8-6-12-7-9-21-10-12/h7,9-11,13H,5-6,8H2,1-4H3,(H,17,20). The van der Waals surface area contributed by atoms with Crippen molar-refractivity contribution in [2.45, 2.75) is 52.1 Å². The number of thiophene rings is 1. The third-order valence-corrected chi connectivity index (χ3v) is 5.19. The minimum atomic E-state index is -0.738. The second kappa shape index (κ2) is 6.18. The summed E-state index contributed by atoms with van der Waals surface area (Å²) in [6.07, 6.45) is 1.42. The van der Waals surface area contributed by atoms with E-state index in [1.165, 1.54) is 5.56 Å². The molecule has 1 N–H and O–H groups in total. The number of nitrogens with one attached hydrogen (secondary N) is 1. The highest BCUT2D eigenvalue weighted by Crippen LogP contribution is 2.27. The van der Waals surface area contributed by atoms with E-state index in [1.807, 2.05) is 33.1 Å². The summed E-state index contributed by atoms with van der Waals surface area (Å²) in [6, 6.07) is 1.67. The van der Waals surface area contributed by atoms with Crippen LogP contribution in [-0.4, -0.2) is 34.8 Å². The summed E-state index contributed by atoms with van der Waals surface area (Å²) in [5.41, 5.74) is 0.483. The Morgan fingerprint density at radius 3 is 2.67 bits per heavy atom. The highest BCUT2D eigenvalue weighted by molar-refractivity contribution is 7.07. The lowest BCUT2D eigenvalue weighted by molar-refractivity contribution is -0.158. The number of hydrogen-bond acceptors (Lipinski definition) is 3. The maximum atomic E-state index is 12.8. The van der Waals surface area contributed by atoms with Crippen molar-refractivity contribution < 1.29 is 9.59 Å². The molecule has 2 rings (SSSR count). The summed E-state index contributed by atoms with van der Waals surface area (Å²) in [4.78, 5) is 27.0. The molecular weight excluding hydrogens is 284 g/mol. The summed E-state index contributed by atoms with van der Waals surface area (Å²) < 4.78 is 0. The Labute approximate surface area is 130 Å². The first-order chi connectivity index (χ1) is 9.90. The molecule has 4 nitrogen and oxygen atoms in total. The van der Waals surface area contributed by atoms with Gasteiger partial charge in [0.1, 0.15) is 11.6 Å². The van der Waals surface area contributed by atoms with Gasteiger partial charge in [0.2, 0.25) is 11.8 Å². The van der Waals surface area contributed by atoms with Crippen LogP contribution in [0.4, 0.5) is 0 Å². The van der Waals surface area contributed by atoms with Gasteiger partial charge in [-0.05, 0) is 48.1 Å². The van der Waals surface area contributed by atoms with Gasteiger partial charge in [-0.1, -0.05) is 20.8 Å². The van der Waals surface area contributed by atoms with Crippen LogP contribution in [0.15, 0.2) is 16.8 Å². The molecule has 21 heavy (non-hydrogen) atoms. The molecule has 2 heterocycles. The van der Waals surface area contributed by atoms with Gasteiger partial charge in [-0.25, -0.2) is 0 Å². The van der Waals surface area contributed by atoms with Gasteiger partial charge in [0.15, 0.2) is 0 Å². The molecule has 0 aromatic carbocycles. The van der Waals surface area contributed by atoms with Gasteiger partial charge >= 0.3 is 0 Å². The van der Waals surface area contributed by atoms with Crippen molar-refractivity contribution in [3.63, 3.8) is 0 Å². The lowest BCUT2D eigenvalue weighted by atomic mass is 9.87. The first-order valence-electron chi connectivity index (χ1n) is 7.53. The van der Waals surface area contributed by atoms with Gasteiger partial charge in [-0.3, -0.25) is 9.59 Å². The Hall–Kier alpha value is -1.36. The Morgan fingerprint density at radius 1 is 1.43 bits per heavy atom. The minimum Gasteiger partial charge on any atom is -0.342 e. The molecule has 1 aliphatic rings. The molecule has 2 amide bonds. The maximum Gasteiger partial charge on any atom is 0.246 e. The summed E-state index contributed by atoms with van der Waals surface area (Å²) in [6.45, 7) is 8.35. The third-order valence-electron chi connectivity index (χ3n) is 4.46. The number of piperazine rings is 1. The zero-order chi connectivity index (χ0) is 15.6. The largest absolute Gasteiger partial charge is 0.342 e. The monoisotopic (exact) mass is 308 g/mol. The normalized spacial score (nSPS) is 26.3. The number of rotatable bonds is 5. The van der Waals surface area contributed by atoms with Gasteiger partial charge in [0.05, 0.1) is 0 Å². The zero-order valence-electron chi connectivity index (χ0n) is 13.2. The number of nitrogens with zero attached hydrogens (tertiary/aromatic N) is 1. The molecule has 0 bridgehead atoms. The predicted octanol–water partition coefficient (Wildman–Crippen LogP) is 2.44. The molecule has 2 unspecified atom stereocenters. The van der Waals surface area contributed by atoms with Crippen LogP contribution in [-0.2, 0) is 16.0 Å². The van der Waals surface area contributed by atoms with E-state index in [-0.39, 0.29) is 17.7 Å². The molecule has 0 aliphatic carbocycles. The van der Waals surface area contributed by atoms with Gasteiger partial charge in [-0.2, -0.15) is 11.3 Å². The van der Waals surface area contributed by atoms with Gasteiger partial charge < -0.3 is 10.2 Å². The third kappa shape index (κ3) is 2.98. The molecule has 1 aromatic rings. The Bertz CT molecular complexity index is 512. The van der Waals surface area contributed by atoms with E-state index in [9.17, 15) is 9.59 Å². The van der Waals surface area contributed by atoms with Gasteiger partial charge in [0, 0.05) is 6.54 Å². The average molecular weight is 308 g/mol. The fourth-order valence-corrected chi connectivity index (χ4v) is 3.43. The Balaban J connectivity index is 2.22. The van der Waals surface area contributed by atoms with Crippen LogP contribution in [0.25, 0.3) is 0 Å². The van der Waals surface area contributed by atoms with E-state index in [0.717, 1.165) is 6.42 Å². The quantitative estimate of drug-likeness (QED) is 0.908. The van der Waals surface area contributed by atoms with Crippen LogP contribution < -0.4 is 5.32 Å². The van der Waals surface area contributed by atoms with Gasteiger partial charge in [-0.15, -0.1) is 0 Å². The summed E-state index contributed by atoms with van der Waals surface area (Å²) in [5, 5.41) is 7.03. The summed E-state index contributed by atoms with van der Waals surface area (Å²) in [5.74, 6) is 0.115. The number of amides is 2. The first kappa shape index (κ1) is 16.0. The molecular formula is C16H24N2O2S. The molecule has 1 aliphatic heterocycles. The summed E-state index contributed by atoms with van der Waals surface area (Å²) in [7, 11) is 0. The second-order valence-electron chi connectivity index (χ2n) is 6.19. The van der Waals surface area contributed by atoms with E-state index >= 15 is 0 Å². The minimum absolute atomic E-state index is 0.0337. The number of hydrogen-bond donors (Lipinski definition) is 1. The highest BCUT2D eigenvalue weighted by Gasteiger charge is 2.48. The molecule has 2 atom stereocenters. The molecule has 0 radical (unpaired) electrons. The average Bonchev–Trinajstić information content (AvgIpc) is 2.95. The molecule has 5 heteroatoms. The molecule has 0 spiro atoms. The smallest absolute Gasteiger partial charge is 0.246 e. The van der Waals surface area contributed by atoms with E-state index in [1.54, 1.807) is 16.2 Å². The van der Waals surface area contributed by atoms with Crippen molar-refractivity contribution in [1.29, 1.82) is 0 Å². The van der Waals surface area contributed by atoms with Crippen molar-refractivity contribution >= 4 is 23.2 Å². The SMILES string of the molecule is CCC1(C)C(=O)NC(C(C)C)C(=O)N1CCc1ccsc1. The number of carbonyl (C=O) groups excluding carboxylic acids is 2. The van der Waals surface area contributed by atoms with Crippen molar-refractivity contribution in [1.82, 2.24) is 10.2 Å². The Morgan fingerprint density at radius 2 is 2.14 bits per heavy atom. The van der Waals surface area contributed by atoms with E-state index in [2.05, 4.69) is 16.8 Å². The van der Waals surface area contributed by atoms with Crippen molar-refractivity contribution in [3.05, 3.63) is 22.4 Å². The van der Waals surface area contributed by atoms with E-state index in [0.29, 0.717) is 13.0 Å². The second-order valence-corrected chi connectivity index (χ2v) is 6.97. The maximum absolute atomic E-state index is 12.8. The fraction of sp³-hybridized carbons (Fsp3) is 0.625. The molecule has 1 fully saturated rings. The molecule has 1 saturated heterocycles. The first-order valence-corrected chi connectivity index (χ1v) is 8.48.